The molecule has 0 radical (unpaired) electrons. The average molecular weight is 111 g/mol. The molecule has 0 spiro atoms. The zero-order valence-corrected chi connectivity index (χ0v) is 4.89. The van der Waals surface area contributed by atoms with E-state index >= 15 is 0 Å². The molecule has 0 bridgehead atoms. The summed E-state index contributed by atoms with van der Waals surface area (Å²) < 4.78 is 3.79. The van der Waals surface area contributed by atoms with E-state index in [1.165, 1.54) is 0 Å². The van der Waals surface area contributed by atoms with Gasteiger partial charge in [0, 0.05) is 12.1 Å². The highest BCUT2D eigenvalue weighted by atomic mass is 31.0. The van der Waals surface area contributed by atoms with Gasteiger partial charge in [-0.1, -0.05) is 12.2 Å². The summed E-state index contributed by atoms with van der Waals surface area (Å²) in [6.07, 6.45) is 7.02. The highest BCUT2D eigenvalue weighted by molar-refractivity contribution is 7.04. The zero-order valence-electron chi connectivity index (χ0n) is 3.89. The predicted octanol–water partition coefficient (Wildman–Crippen LogP) is 2.16. The Morgan fingerprint density at radius 1 is 1.71 bits per heavy atom. The third kappa shape index (κ3) is 0.971. The smallest absolute Gasteiger partial charge is 0.0483 e. The third-order valence-corrected chi connectivity index (χ3v) is 1.18. The number of hydrogen-bond acceptors (Lipinski definition) is 1. The minimum absolute atomic E-state index is 0.976. The molecular weight excluding hydrogens is 105 g/mol. The number of rotatable bonds is 1. The van der Waals surface area contributed by atoms with E-state index in [-0.39, 0.29) is 0 Å². The number of hydrogen-bond donors (Lipinski definition) is 0. The van der Waals surface area contributed by atoms with Crippen LogP contribution in [0.4, 0.5) is 0 Å². The second kappa shape index (κ2) is 2.04. The van der Waals surface area contributed by atoms with Gasteiger partial charge in [0.2, 0.25) is 0 Å². The molecule has 0 N–H and O–H groups in total. The zero-order chi connectivity index (χ0) is 5.11. The van der Waals surface area contributed by atoms with E-state index < -0.39 is 0 Å². The molecule has 2 heteroatoms. The summed E-state index contributed by atoms with van der Waals surface area (Å²) in [6, 6.07) is 0. The highest BCUT2D eigenvalue weighted by Crippen LogP contribution is 2.11. The monoisotopic (exact) mass is 111 g/mol. The fourth-order valence-corrected chi connectivity index (χ4v) is 0.685. The lowest BCUT2D eigenvalue weighted by Gasteiger charge is -1.81. The third-order valence-electron chi connectivity index (χ3n) is 0.895. The Morgan fingerprint density at radius 3 is 2.86 bits per heavy atom. The van der Waals surface area contributed by atoms with Crippen molar-refractivity contribution in [2.45, 2.75) is 6.42 Å². The largest absolute Gasteiger partial charge is 0.240 e. The summed E-state index contributed by atoms with van der Waals surface area (Å²) in [5, 5.41) is 0. The molecule has 0 aromatic heterocycles. The van der Waals surface area contributed by atoms with Crippen LogP contribution in [0.5, 0.6) is 0 Å². The molecule has 36 valence electrons. The first-order valence-corrected chi connectivity index (χ1v) is 2.61. The van der Waals surface area contributed by atoms with Crippen molar-refractivity contribution < 1.29 is 0 Å². The molecule has 0 atom stereocenters. The lowest BCUT2D eigenvalue weighted by atomic mass is 10.4. The van der Waals surface area contributed by atoms with Crippen LogP contribution in [-0.2, 0) is 0 Å². The van der Waals surface area contributed by atoms with Gasteiger partial charge in [0.15, 0.2) is 0 Å². The van der Waals surface area contributed by atoms with E-state index in [4.69, 9.17) is 0 Å². The van der Waals surface area contributed by atoms with Gasteiger partial charge in [-0.25, -0.2) is 4.74 Å². The van der Waals surface area contributed by atoms with Gasteiger partial charge in [0.25, 0.3) is 0 Å². The van der Waals surface area contributed by atoms with E-state index in [1.54, 1.807) is 0 Å². The first-order valence-electron chi connectivity index (χ1n) is 2.16. The first-order chi connectivity index (χ1) is 3.43. The van der Waals surface area contributed by atoms with E-state index in [0.29, 0.717) is 0 Å². The molecule has 1 aliphatic carbocycles. The Hall–Kier alpha value is -0.420. The molecule has 1 aliphatic rings. The number of allylic oxidation sites excluding steroid dienone is 3. The van der Waals surface area contributed by atoms with Gasteiger partial charge in [-0.2, -0.15) is 0 Å². The Balaban J connectivity index is 2.61. The maximum atomic E-state index is 3.79. The lowest BCUT2D eigenvalue weighted by Crippen LogP contribution is -1.61. The van der Waals surface area contributed by atoms with Crippen molar-refractivity contribution >= 4 is 9.03 Å². The molecule has 0 aromatic rings. The molecule has 0 aliphatic heterocycles. The molecule has 0 fully saturated rings. The molecule has 0 saturated carbocycles. The van der Waals surface area contributed by atoms with Crippen LogP contribution in [0.3, 0.4) is 0 Å². The minimum atomic E-state index is 0.976. The van der Waals surface area contributed by atoms with Gasteiger partial charge in [-0.05, 0) is 15.1 Å². The topological polar surface area (TPSA) is 12.4 Å². The first kappa shape index (κ1) is 4.73. The van der Waals surface area contributed by atoms with E-state index in [0.717, 1.165) is 12.1 Å². The Labute approximate surface area is 45.0 Å². The molecule has 0 amide bonds. The summed E-state index contributed by atoms with van der Waals surface area (Å²) in [7, 11) is 3.04. The fourth-order valence-electron chi connectivity index (χ4n) is 0.519. The van der Waals surface area contributed by atoms with Crippen LogP contribution in [-0.4, -0.2) is 0 Å². The maximum absolute atomic E-state index is 3.79. The van der Waals surface area contributed by atoms with Crippen molar-refractivity contribution in [3.63, 3.8) is 0 Å². The lowest BCUT2D eigenvalue weighted by molar-refractivity contribution is 1.22. The normalized spacial score (nSPS) is 16.9. The van der Waals surface area contributed by atoms with Gasteiger partial charge in [0.1, 0.15) is 0 Å². The van der Waals surface area contributed by atoms with Crippen LogP contribution in [0.15, 0.2) is 28.7 Å². The molecule has 0 aromatic carbocycles. The molecule has 7 heavy (non-hydrogen) atoms. The highest BCUT2D eigenvalue weighted by Gasteiger charge is 1.91. The summed E-state index contributed by atoms with van der Waals surface area (Å²) >= 11 is 0. The molecule has 0 saturated heterocycles. The average Bonchev–Trinajstić information content (AvgIpc) is 2.14. The summed E-state index contributed by atoms with van der Waals surface area (Å²) in [5.74, 6) is 0. The molecular formula is C5H6NP. The van der Waals surface area contributed by atoms with Gasteiger partial charge >= 0.3 is 0 Å². The Bertz CT molecular complexity index is 135. The quantitative estimate of drug-likeness (QED) is 0.460. The summed E-state index contributed by atoms with van der Waals surface area (Å²) in [4.78, 5) is 0. The van der Waals surface area contributed by atoms with Crippen molar-refractivity contribution in [2.75, 3.05) is 0 Å². The molecule has 0 heterocycles. The van der Waals surface area contributed by atoms with Crippen LogP contribution in [0, 0.1) is 0 Å². The van der Waals surface area contributed by atoms with Crippen LogP contribution in [0.2, 0.25) is 0 Å². The standard InChI is InChI=1S/C5H6NP/c7-6-5-3-1-2-4-5/h1-3,7H,4H2. The van der Waals surface area contributed by atoms with Crippen LogP contribution in [0.25, 0.3) is 0 Å². The van der Waals surface area contributed by atoms with Crippen molar-refractivity contribution in [1.82, 2.24) is 0 Å². The maximum Gasteiger partial charge on any atom is 0.0483 e. The minimum Gasteiger partial charge on any atom is -0.240 e. The molecule has 1 nitrogen and oxygen atoms in total. The van der Waals surface area contributed by atoms with Crippen molar-refractivity contribution in [1.29, 1.82) is 0 Å². The van der Waals surface area contributed by atoms with Crippen molar-refractivity contribution in [2.24, 2.45) is 4.74 Å². The van der Waals surface area contributed by atoms with Crippen molar-refractivity contribution in [3.8, 4) is 0 Å². The van der Waals surface area contributed by atoms with E-state index in [9.17, 15) is 0 Å². The Kier molecular flexibility index (Phi) is 1.38. The fraction of sp³-hybridized carbons (Fsp3) is 0.200. The summed E-state index contributed by atoms with van der Waals surface area (Å²) in [6.45, 7) is 0. The number of nitrogens with zero attached hydrogens (tertiary/aromatic N) is 1. The predicted molar refractivity (Wildman–Crippen MR) is 32.6 cm³/mol. The molecule has 0 unspecified atom stereocenters. The van der Waals surface area contributed by atoms with Gasteiger partial charge < -0.3 is 0 Å². The van der Waals surface area contributed by atoms with E-state index in [2.05, 4.69) is 19.9 Å². The van der Waals surface area contributed by atoms with Gasteiger partial charge in [-0.15, -0.1) is 0 Å². The van der Waals surface area contributed by atoms with Crippen molar-refractivity contribution in [3.05, 3.63) is 23.9 Å². The summed E-state index contributed by atoms with van der Waals surface area (Å²) in [5.41, 5.74) is 1.09. The van der Waals surface area contributed by atoms with Crippen LogP contribution in [0.1, 0.15) is 6.42 Å². The Morgan fingerprint density at radius 2 is 2.57 bits per heavy atom. The van der Waals surface area contributed by atoms with Gasteiger partial charge in [0.05, 0.1) is 0 Å². The van der Waals surface area contributed by atoms with Gasteiger partial charge in [-0.3, -0.25) is 0 Å². The second-order valence-electron chi connectivity index (χ2n) is 1.40. The van der Waals surface area contributed by atoms with Crippen LogP contribution < -0.4 is 0 Å². The molecule has 1 rings (SSSR count). The van der Waals surface area contributed by atoms with E-state index in [1.807, 2.05) is 12.2 Å². The van der Waals surface area contributed by atoms with Crippen LogP contribution >= 0.6 is 9.03 Å². The SMILES string of the molecule is P=NC1=CC=CC1. The second-order valence-corrected chi connectivity index (χ2v) is 1.63.